The van der Waals surface area contributed by atoms with Crippen LogP contribution in [0.15, 0.2) is 42.9 Å². The van der Waals surface area contributed by atoms with Crippen LogP contribution in [0.1, 0.15) is 16.8 Å². The normalized spacial score (nSPS) is 21.9. The molecule has 7 heteroatoms. The van der Waals surface area contributed by atoms with Gasteiger partial charge in [0, 0.05) is 37.5 Å². The van der Waals surface area contributed by atoms with Crippen molar-refractivity contribution in [2.24, 2.45) is 0 Å². The lowest BCUT2D eigenvalue weighted by molar-refractivity contribution is 0.0515. The van der Waals surface area contributed by atoms with Crippen LogP contribution in [0, 0.1) is 0 Å². The molecule has 0 aromatic carbocycles. The summed E-state index contributed by atoms with van der Waals surface area (Å²) in [5.74, 6) is 1.64. The topological polar surface area (TPSA) is 68.2 Å². The number of hydrogen-bond donors (Lipinski definition) is 0. The summed E-state index contributed by atoms with van der Waals surface area (Å²) in [5.41, 5.74) is 0.596. The van der Waals surface area contributed by atoms with Crippen molar-refractivity contribution in [2.45, 2.75) is 17.3 Å². The van der Waals surface area contributed by atoms with E-state index in [0.717, 1.165) is 25.3 Å². The van der Waals surface area contributed by atoms with Gasteiger partial charge in [-0.1, -0.05) is 6.07 Å². The number of hydrogen-bond acceptors (Lipinski definition) is 6. The van der Waals surface area contributed by atoms with Gasteiger partial charge in [0.05, 0.1) is 22.7 Å². The van der Waals surface area contributed by atoms with Crippen LogP contribution in [0.3, 0.4) is 0 Å². The number of carbonyl (C=O) groups is 1. The number of nitrogens with zero attached hydrogens (tertiary/aromatic N) is 4. The van der Waals surface area contributed by atoms with Crippen LogP contribution < -0.4 is 4.74 Å². The summed E-state index contributed by atoms with van der Waals surface area (Å²) < 4.78 is 6.07. The van der Waals surface area contributed by atoms with Crippen LogP contribution in [0.5, 0.6) is 5.88 Å². The first-order valence-electron chi connectivity index (χ1n) is 7.52. The molecular formula is C16H16N4O2S. The molecule has 0 bridgehead atoms. The Balaban J connectivity index is 1.34. The Morgan fingerprint density at radius 2 is 2.17 bits per heavy atom. The van der Waals surface area contributed by atoms with Gasteiger partial charge in [-0.25, -0.2) is 4.98 Å². The van der Waals surface area contributed by atoms with Gasteiger partial charge in [-0.05, 0) is 12.1 Å². The van der Waals surface area contributed by atoms with Crippen molar-refractivity contribution in [3.05, 3.63) is 48.4 Å². The summed E-state index contributed by atoms with van der Waals surface area (Å²) in [6, 6.07) is 7.38. The van der Waals surface area contributed by atoms with E-state index in [9.17, 15) is 4.79 Å². The maximum Gasteiger partial charge on any atom is 0.255 e. The second kappa shape index (κ2) is 5.81. The molecule has 1 atom stereocenters. The van der Waals surface area contributed by atoms with E-state index in [1.165, 1.54) is 6.20 Å². The first kappa shape index (κ1) is 14.4. The molecule has 0 radical (unpaired) electrons. The fourth-order valence-corrected chi connectivity index (χ4v) is 4.60. The number of thioether (sulfide) groups is 1. The SMILES string of the molecule is O=C(c1ccnnc1)N1CC2(C[C@@H](Oc3ccccn3)CS2)C1. The predicted molar refractivity (Wildman–Crippen MR) is 86.4 cm³/mol. The van der Waals surface area contributed by atoms with Gasteiger partial charge in [-0.3, -0.25) is 4.79 Å². The number of ether oxygens (including phenoxy) is 1. The lowest BCUT2D eigenvalue weighted by Crippen LogP contribution is -2.60. The van der Waals surface area contributed by atoms with Gasteiger partial charge in [-0.15, -0.1) is 11.8 Å². The van der Waals surface area contributed by atoms with Gasteiger partial charge in [0.1, 0.15) is 6.10 Å². The minimum atomic E-state index is 0.0280. The molecule has 2 aliphatic rings. The van der Waals surface area contributed by atoms with Crippen LogP contribution >= 0.6 is 11.8 Å². The Morgan fingerprint density at radius 3 is 2.91 bits per heavy atom. The quantitative estimate of drug-likeness (QED) is 0.853. The number of rotatable bonds is 3. The van der Waals surface area contributed by atoms with Gasteiger partial charge in [0.2, 0.25) is 5.88 Å². The average Bonchev–Trinajstić information content (AvgIpc) is 2.99. The number of carbonyl (C=O) groups excluding carboxylic acids is 1. The maximum atomic E-state index is 12.3. The van der Waals surface area contributed by atoms with E-state index in [0.29, 0.717) is 11.4 Å². The van der Waals surface area contributed by atoms with E-state index in [2.05, 4.69) is 15.2 Å². The number of amides is 1. The lowest BCUT2D eigenvalue weighted by Gasteiger charge is -2.47. The monoisotopic (exact) mass is 328 g/mol. The van der Waals surface area contributed by atoms with E-state index in [4.69, 9.17) is 4.74 Å². The second-order valence-corrected chi connectivity index (χ2v) is 7.39. The van der Waals surface area contributed by atoms with Crippen molar-refractivity contribution < 1.29 is 9.53 Å². The fraction of sp³-hybridized carbons (Fsp3) is 0.375. The molecule has 2 aromatic rings. The van der Waals surface area contributed by atoms with Gasteiger partial charge < -0.3 is 9.64 Å². The third kappa shape index (κ3) is 2.88. The summed E-state index contributed by atoms with van der Waals surface area (Å²) in [5, 5.41) is 7.47. The lowest BCUT2D eigenvalue weighted by atomic mass is 9.92. The molecule has 0 unspecified atom stereocenters. The van der Waals surface area contributed by atoms with Gasteiger partial charge >= 0.3 is 0 Å². The molecule has 2 saturated heterocycles. The first-order chi connectivity index (χ1) is 11.2. The second-order valence-electron chi connectivity index (χ2n) is 5.90. The highest BCUT2D eigenvalue weighted by Crippen LogP contribution is 2.46. The molecule has 118 valence electrons. The highest BCUT2D eigenvalue weighted by molar-refractivity contribution is 8.01. The predicted octanol–water partition coefficient (Wildman–Crippen LogP) is 1.65. The smallest absolute Gasteiger partial charge is 0.255 e. The minimum absolute atomic E-state index is 0.0280. The molecule has 0 N–H and O–H groups in total. The third-order valence-electron chi connectivity index (χ3n) is 4.18. The zero-order valence-electron chi connectivity index (χ0n) is 12.5. The summed E-state index contributed by atoms with van der Waals surface area (Å²) in [4.78, 5) is 18.4. The van der Waals surface area contributed by atoms with Crippen molar-refractivity contribution in [3.63, 3.8) is 0 Å². The molecule has 2 aliphatic heterocycles. The van der Waals surface area contributed by atoms with Crippen LogP contribution in [0.25, 0.3) is 0 Å². The molecule has 2 fully saturated rings. The van der Waals surface area contributed by atoms with Crippen LogP contribution in [0.4, 0.5) is 0 Å². The number of pyridine rings is 1. The molecule has 4 heterocycles. The molecule has 1 spiro atoms. The third-order valence-corrected chi connectivity index (χ3v) is 5.75. The highest BCUT2D eigenvalue weighted by atomic mass is 32.2. The Labute approximate surface area is 138 Å². The molecule has 0 aliphatic carbocycles. The molecule has 2 aromatic heterocycles. The fourth-order valence-electron chi connectivity index (χ4n) is 3.08. The minimum Gasteiger partial charge on any atom is -0.473 e. The van der Waals surface area contributed by atoms with Crippen molar-refractivity contribution >= 4 is 17.7 Å². The summed E-state index contributed by atoms with van der Waals surface area (Å²) in [6.07, 6.45) is 5.91. The first-order valence-corrected chi connectivity index (χ1v) is 8.50. The molecular weight excluding hydrogens is 312 g/mol. The van der Waals surface area contributed by atoms with Crippen LogP contribution in [-0.4, -0.2) is 55.7 Å². The Bertz CT molecular complexity index is 692. The summed E-state index contributed by atoms with van der Waals surface area (Å²) >= 11 is 1.90. The molecule has 1 amide bonds. The molecule has 23 heavy (non-hydrogen) atoms. The number of likely N-dealkylation sites (tertiary alicyclic amines) is 1. The molecule has 0 saturated carbocycles. The van der Waals surface area contributed by atoms with Crippen molar-refractivity contribution in [1.29, 1.82) is 0 Å². The van der Waals surface area contributed by atoms with E-state index in [1.807, 2.05) is 34.9 Å². The highest BCUT2D eigenvalue weighted by Gasteiger charge is 2.51. The van der Waals surface area contributed by atoms with Gasteiger partial charge in [-0.2, -0.15) is 10.2 Å². The zero-order valence-corrected chi connectivity index (χ0v) is 13.3. The van der Waals surface area contributed by atoms with E-state index >= 15 is 0 Å². The van der Waals surface area contributed by atoms with Crippen LogP contribution in [0.2, 0.25) is 0 Å². The Hall–Kier alpha value is -2.15. The van der Waals surface area contributed by atoms with E-state index in [1.54, 1.807) is 18.5 Å². The van der Waals surface area contributed by atoms with Crippen molar-refractivity contribution in [3.8, 4) is 5.88 Å². The zero-order chi connectivity index (χ0) is 15.7. The molecule has 6 nitrogen and oxygen atoms in total. The van der Waals surface area contributed by atoms with Crippen LogP contribution in [-0.2, 0) is 0 Å². The Kier molecular flexibility index (Phi) is 3.65. The Morgan fingerprint density at radius 1 is 1.26 bits per heavy atom. The average molecular weight is 328 g/mol. The summed E-state index contributed by atoms with van der Waals surface area (Å²) in [6.45, 7) is 1.53. The van der Waals surface area contributed by atoms with Crippen molar-refractivity contribution in [2.75, 3.05) is 18.8 Å². The maximum absolute atomic E-state index is 12.3. The number of aromatic nitrogens is 3. The van der Waals surface area contributed by atoms with E-state index < -0.39 is 0 Å². The standard InChI is InChI=1S/C16H16N4O2S/c21-15(12-4-6-18-19-8-12)20-10-16(11-20)7-13(9-23-16)22-14-3-1-2-5-17-14/h1-6,8,13H,7,9-11H2/t13-/m1/s1. The molecule has 4 rings (SSSR count). The largest absolute Gasteiger partial charge is 0.473 e. The summed E-state index contributed by atoms with van der Waals surface area (Å²) in [7, 11) is 0. The van der Waals surface area contributed by atoms with E-state index in [-0.39, 0.29) is 16.8 Å². The van der Waals surface area contributed by atoms with Gasteiger partial charge in [0.15, 0.2) is 0 Å². The van der Waals surface area contributed by atoms with Crippen molar-refractivity contribution in [1.82, 2.24) is 20.1 Å². The van der Waals surface area contributed by atoms with Gasteiger partial charge in [0.25, 0.3) is 5.91 Å².